The Balaban J connectivity index is 1.64. The molecule has 0 aromatic heterocycles. The predicted molar refractivity (Wildman–Crippen MR) is 141 cm³/mol. The van der Waals surface area contributed by atoms with Crippen LogP contribution in [0.15, 0.2) is 53.2 Å². The first kappa shape index (κ1) is 28.2. The zero-order chi connectivity index (χ0) is 28.6. The smallest absolute Gasteiger partial charge is 0.337 e. The molecule has 1 unspecified atom stereocenters. The van der Waals surface area contributed by atoms with Crippen LogP contribution < -0.4 is 30.7 Å². The minimum atomic E-state index is -4.65. The fraction of sp³-hybridized carbons (Fsp3) is 0.273. The van der Waals surface area contributed by atoms with Gasteiger partial charge in [0.1, 0.15) is 0 Å². The molecule has 17 heteroatoms. The molecule has 210 valence electrons. The van der Waals surface area contributed by atoms with E-state index in [1.54, 1.807) is 18.2 Å². The number of hydrogen-bond donors (Lipinski definition) is 6. The maximum atomic E-state index is 13.2. The standard InChI is InChI=1S/C22H24F3N7O5S2/c1-38(34,35)31-17-5-13(6-18(9-17)32-39(2,36)37)10-26-22(27-11-15(12-28-22)21(23,24)25)30-16-3-4-19-14(7-16)8-20(33)29-19/h3-7,9,11-12,26-27,30-32H,8,10H2,1-2H3,(H,29,33). The molecule has 2 heterocycles. The maximum absolute atomic E-state index is 13.2. The lowest BCUT2D eigenvalue weighted by Crippen LogP contribution is -2.60. The minimum Gasteiger partial charge on any atom is -0.337 e. The van der Waals surface area contributed by atoms with Crippen molar-refractivity contribution in [2.75, 3.05) is 32.6 Å². The number of rotatable bonds is 9. The monoisotopic (exact) mass is 587 g/mol. The summed E-state index contributed by atoms with van der Waals surface area (Å²) in [6.45, 7) is -0.116. The first-order valence-corrected chi connectivity index (χ1v) is 14.9. The Hall–Kier alpha value is -3.83. The van der Waals surface area contributed by atoms with Crippen LogP contribution in [-0.2, 0) is 37.8 Å². The van der Waals surface area contributed by atoms with Crippen molar-refractivity contribution in [3.05, 3.63) is 59.3 Å². The zero-order valence-corrected chi connectivity index (χ0v) is 22.1. The molecule has 0 bridgehead atoms. The van der Waals surface area contributed by atoms with Crippen molar-refractivity contribution in [2.45, 2.75) is 25.1 Å². The third-order valence-corrected chi connectivity index (χ3v) is 6.58. The first-order valence-electron chi connectivity index (χ1n) is 11.1. The molecule has 1 amide bonds. The zero-order valence-electron chi connectivity index (χ0n) is 20.5. The Labute approximate surface area is 222 Å². The van der Waals surface area contributed by atoms with E-state index in [0.717, 1.165) is 18.7 Å². The topological polar surface area (TPSA) is 170 Å². The van der Waals surface area contributed by atoms with Crippen LogP contribution in [-0.4, -0.2) is 53.6 Å². The number of halogens is 3. The molecule has 6 N–H and O–H groups in total. The second kappa shape index (κ2) is 10.0. The SMILES string of the molecule is CS(=O)(=O)Nc1cc(CNC2(Nc3ccc4c(c3)CC(=O)N4)N=CC(C(F)(F)F)=CN2)cc(NS(C)(=O)=O)c1. The number of amides is 1. The van der Waals surface area contributed by atoms with Gasteiger partial charge in [-0.25, -0.2) is 21.8 Å². The molecule has 2 aliphatic heterocycles. The molecule has 0 radical (unpaired) electrons. The third kappa shape index (κ3) is 7.61. The van der Waals surface area contributed by atoms with Crippen molar-refractivity contribution < 1.29 is 34.8 Å². The fourth-order valence-corrected chi connectivity index (χ4v) is 4.97. The van der Waals surface area contributed by atoms with E-state index in [2.05, 4.69) is 35.7 Å². The lowest BCUT2D eigenvalue weighted by Gasteiger charge is -2.35. The predicted octanol–water partition coefficient (Wildman–Crippen LogP) is 1.86. The number of fused-ring (bicyclic) bond motifs is 1. The molecule has 4 rings (SSSR count). The van der Waals surface area contributed by atoms with Crippen LogP contribution in [0.2, 0.25) is 0 Å². The van der Waals surface area contributed by atoms with Crippen molar-refractivity contribution in [1.82, 2.24) is 10.6 Å². The van der Waals surface area contributed by atoms with Gasteiger partial charge in [0.25, 0.3) is 5.91 Å². The highest BCUT2D eigenvalue weighted by Gasteiger charge is 2.38. The minimum absolute atomic E-state index is 0.0557. The summed E-state index contributed by atoms with van der Waals surface area (Å²) < 4.78 is 91.2. The largest absolute Gasteiger partial charge is 0.419 e. The quantitative estimate of drug-likeness (QED) is 0.242. The number of aliphatic imine (C=N–C) groups is 1. The van der Waals surface area contributed by atoms with Gasteiger partial charge < -0.3 is 16.0 Å². The second-order valence-corrected chi connectivity index (χ2v) is 12.4. The third-order valence-electron chi connectivity index (χ3n) is 5.36. The van der Waals surface area contributed by atoms with E-state index in [4.69, 9.17) is 0 Å². The Kier molecular flexibility index (Phi) is 7.26. The van der Waals surface area contributed by atoms with Crippen molar-refractivity contribution in [3.63, 3.8) is 0 Å². The van der Waals surface area contributed by atoms with Gasteiger partial charge in [0, 0.05) is 30.3 Å². The van der Waals surface area contributed by atoms with Gasteiger partial charge in [-0.15, -0.1) is 0 Å². The van der Waals surface area contributed by atoms with E-state index in [9.17, 15) is 34.8 Å². The van der Waals surface area contributed by atoms with Gasteiger partial charge in [0.15, 0.2) is 0 Å². The molecule has 0 spiro atoms. The summed E-state index contributed by atoms with van der Waals surface area (Å²) in [5, 5.41) is 11.2. The Morgan fingerprint density at radius 1 is 0.974 bits per heavy atom. The summed E-state index contributed by atoms with van der Waals surface area (Å²) in [6.07, 6.45) is -1.29. The molecule has 0 aliphatic carbocycles. The average Bonchev–Trinajstić information content (AvgIpc) is 3.14. The Morgan fingerprint density at radius 2 is 1.62 bits per heavy atom. The number of allylic oxidation sites excluding steroid dienone is 1. The Bertz CT molecular complexity index is 1540. The Morgan fingerprint density at radius 3 is 2.15 bits per heavy atom. The highest BCUT2D eigenvalue weighted by atomic mass is 32.2. The molecule has 0 fully saturated rings. The van der Waals surface area contributed by atoms with Crippen molar-refractivity contribution >= 4 is 54.9 Å². The number of carbonyl (C=O) groups is 1. The lowest BCUT2D eigenvalue weighted by molar-refractivity contribution is -0.115. The van der Waals surface area contributed by atoms with Crippen LogP contribution in [0.3, 0.4) is 0 Å². The van der Waals surface area contributed by atoms with Crippen LogP contribution in [0, 0.1) is 0 Å². The number of anilines is 4. The summed E-state index contributed by atoms with van der Waals surface area (Å²) in [5.74, 6) is -1.90. The molecule has 2 aromatic rings. The highest BCUT2D eigenvalue weighted by molar-refractivity contribution is 7.92. The summed E-state index contributed by atoms with van der Waals surface area (Å²) in [5.41, 5.74) is 1.18. The molecule has 2 aromatic carbocycles. The lowest BCUT2D eigenvalue weighted by atomic mass is 10.1. The van der Waals surface area contributed by atoms with Crippen LogP contribution in [0.25, 0.3) is 0 Å². The molecule has 12 nitrogen and oxygen atoms in total. The van der Waals surface area contributed by atoms with Crippen molar-refractivity contribution in [1.29, 1.82) is 0 Å². The van der Waals surface area contributed by atoms with Gasteiger partial charge in [-0.1, -0.05) is 0 Å². The van der Waals surface area contributed by atoms with Crippen LogP contribution >= 0.6 is 0 Å². The molecule has 1 atom stereocenters. The van der Waals surface area contributed by atoms with E-state index in [1.165, 1.54) is 18.2 Å². The second-order valence-electron chi connectivity index (χ2n) is 8.95. The van der Waals surface area contributed by atoms with Gasteiger partial charge in [-0.2, -0.15) is 13.2 Å². The van der Waals surface area contributed by atoms with Crippen LogP contribution in [0.1, 0.15) is 11.1 Å². The number of nitrogens with one attached hydrogen (secondary N) is 6. The summed E-state index contributed by atoms with van der Waals surface area (Å²) in [4.78, 5) is 15.7. The van der Waals surface area contributed by atoms with E-state index in [1.807, 2.05) is 0 Å². The summed E-state index contributed by atoms with van der Waals surface area (Å²) in [7, 11) is -7.42. The molecular weight excluding hydrogens is 563 g/mol. The molecule has 0 saturated heterocycles. The average molecular weight is 588 g/mol. The number of hydrogen-bond acceptors (Lipinski definition) is 9. The fourth-order valence-electron chi connectivity index (χ4n) is 3.87. The van der Waals surface area contributed by atoms with Gasteiger partial charge in [-0.05, 0) is 47.5 Å². The van der Waals surface area contributed by atoms with Gasteiger partial charge in [-0.3, -0.25) is 19.6 Å². The number of alkyl halides is 3. The first-order chi connectivity index (χ1) is 18.0. The number of sulfonamides is 2. The van der Waals surface area contributed by atoms with E-state index < -0.39 is 37.7 Å². The van der Waals surface area contributed by atoms with Gasteiger partial charge in [0.2, 0.25) is 26.0 Å². The van der Waals surface area contributed by atoms with Crippen LogP contribution in [0.4, 0.5) is 35.9 Å². The van der Waals surface area contributed by atoms with Crippen LogP contribution in [0.5, 0.6) is 0 Å². The number of benzene rings is 2. The van der Waals surface area contributed by atoms with Crippen molar-refractivity contribution in [2.24, 2.45) is 4.99 Å². The summed E-state index contributed by atoms with van der Waals surface area (Å²) >= 11 is 0. The van der Waals surface area contributed by atoms with Gasteiger partial charge >= 0.3 is 6.18 Å². The summed E-state index contributed by atoms with van der Waals surface area (Å²) in [6, 6.07) is 9.02. The van der Waals surface area contributed by atoms with E-state index in [0.29, 0.717) is 28.7 Å². The number of carbonyl (C=O) groups excluding carboxylic acids is 1. The number of nitrogens with zero attached hydrogens (tertiary/aromatic N) is 1. The normalized spacial score (nSPS) is 19.0. The van der Waals surface area contributed by atoms with Gasteiger partial charge in [0.05, 0.1) is 35.9 Å². The highest BCUT2D eigenvalue weighted by Crippen LogP contribution is 2.30. The molecular formula is C22H24F3N7O5S2. The van der Waals surface area contributed by atoms with E-state index >= 15 is 0 Å². The van der Waals surface area contributed by atoms with Crippen molar-refractivity contribution in [3.8, 4) is 0 Å². The molecule has 2 aliphatic rings. The van der Waals surface area contributed by atoms with E-state index in [-0.39, 0.29) is 30.2 Å². The molecule has 0 saturated carbocycles. The molecule has 39 heavy (non-hydrogen) atoms. The maximum Gasteiger partial charge on any atom is 0.419 e.